The third kappa shape index (κ3) is 2.69. The molecule has 24 heavy (non-hydrogen) atoms. The van der Waals surface area contributed by atoms with E-state index in [-0.39, 0.29) is 11.3 Å². The van der Waals surface area contributed by atoms with Crippen LogP contribution in [0.2, 0.25) is 0 Å². The summed E-state index contributed by atoms with van der Waals surface area (Å²) in [6, 6.07) is 3.90. The van der Waals surface area contributed by atoms with Crippen LogP contribution in [0.4, 0.5) is 5.82 Å². The number of carbonyl (C=O) groups is 1. The molecule has 2 aromatic heterocycles. The van der Waals surface area contributed by atoms with Crippen molar-refractivity contribution in [1.29, 1.82) is 0 Å². The van der Waals surface area contributed by atoms with Gasteiger partial charge in [0.25, 0.3) is 0 Å². The molecule has 7 nitrogen and oxygen atoms in total. The molecule has 2 saturated heterocycles. The Kier molecular flexibility index (Phi) is 3.80. The molecule has 7 heteroatoms. The van der Waals surface area contributed by atoms with Crippen LogP contribution in [0.25, 0.3) is 0 Å². The van der Waals surface area contributed by atoms with Gasteiger partial charge in [0.05, 0.1) is 17.7 Å². The Balaban J connectivity index is 1.48. The number of piperidine rings is 1. The molecule has 0 aromatic carbocycles. The topological polar surface area (TPSA) is 75.9 Å². The lowest BCUT2D eigenvalue weighted by molar-refractivity contribution is -0.126. The van der Waals surface area contributed by atoms with Crippen LogP contribution in [0.1, 0.15) is 30.5 Å². The second-order valence-electron chi connectivity index (χ2n) is 6.90. The number of carbonyl (C=O) groups excluding carboxylic acids is 1. The maximum Gasteiger partial charge on any atom is 0.233 e. The van der Waals surface area contributed by atoms with E-state index in [0.29, 0.717) is 12.4 Å². The standard InChI is InChI=1S/C17H22N6O/c1-13-15(20-21-23(13)11-14-3-7-18-8-4-14)19-16(24)17-5-2-9-22(12-17)10-6-17/h3-4,7-8H,2,5-6,9-12H2,1H3,(H,19,24). The first-order chi connectivity index (χ1) is 11.7. The van der Waals surface area contributed by atoms with Crippen molar-refractivity contribution in [3.8, 4) is 0 Å². The summed E-state index contributed by atoms with van der Waals surface area (Å²) < 4.78 is 1.81. The molecule has 2 aliphatic rings. The number of hydrogen-bond donors (Lipinski definition) is 1. The van der Waals surface area contributed by atoms with Gasteiger partial charge in [0.15, 0.2) is 5.82 Å². The van der Waals surface area contributed by atoms with Gasteiger partial charge in [-0.25, -0.2) is 4.68 Å². The second-order valence-corrected chi connectivity index (χ2v) is 6.90. The number of anilines is 1. The summed E-state index contributed by atoms with van der Waals surface area (Å²) in [5, 5.41) is 11.4. The molecule has 2 unspecified atom stereocenters. The number of nitrogens with one attached hydrogen (secondary N) is 1. The van der Waals surface area contributed by atoms with E-state index in [9.17, 15) is 4.79 Å². The number of hydrogen-bond acceptors (Lipinski definition) is 5. The predicted molar refractivity (Wildman–Crippen MR) is 89.5 cm³/mol. The molecule has 4 rings (SSSR count). The van der Waals surface area contributed by atoms with E-state index in [1.165, 1.54) is 0 Å². The van der Waals surface area contributed by atoms with Gasteiger partial charge >= 0.3 is 0 Å². The Morgan fingerprint density at radius 2 is 2.12 bits per heavy atom. The minimum atomic E-state index is -0.237. The first-order valence-electron chi connectivity index (χ1n) is 8.49. The Bertz CT molecular complexity index is 739. The van der Waals surface area contributed by atoms with Gasteiger partial charge in [-0.05, 0) is 57.0 Å². The average Bonchev–Trinajstić information content (AvgIpc) is 3.10. The van der Waals surface area contributed by atoms with Crippen molar-refractivity contribution in [3.63, 3.8) is 0 Å². The van der Waals surface area contributed by atoms with E-state index in [2.05, 4.69) is 25.5 Å². The van der Waals surface area contributed by atoms with Crippen molar-refractivity contribution in [2.24, 2.45) is 5.41 Å². The first-order valence-corrected chi connectivity index (χ1v) is 8.49. The quantitative estimate of drug-likeness (QED) is 0.920. The zero-order valence-corrected chi connectivity index (χ0v) is 13.9. The molecular weight excluding hydrogens is 304 g/mol. The Hall–Kier alpha value is -2.28. The summed E-state index contributed by atoms with van der Waals surface area (Å²) >= 11 is 0. The third-order valence-electron chi connectivity index (χ3n) is 5.34. The van der Waals surface area contributed by atoms with Crippen molar-refractivity contribution >= 4 is 11.7 Å². The highest BCUT2D eigenvalue weighted by atomic mass is 16.2. The average molecular weight is 326 g/mol. The highest BCUT2D eigenvalue weighted by Gasteiger charge is 2.46. The molecule has 0 spiro atoms. The van der Waals surface area contributed by atoms with Crippen LogP contribution >= 0.6 is 0 Å². The van der Waals surface area contributed by atoms with E-state index in [1.54, 1.807) is 12.4 Å². The summed E-state index contributed by atoms with van der Waals surface area (Å²) in [5.41, 5.74) is 1.75. The summed E-state index contributed by atoms with van der Waals surface area (Å²) in [6.45, 7) is 5.59. The highest BCUT2D eigenvalue weighted by Crippen LogP contribution is 2.40. The van der Waals surface area contributed by atoms with Crippen LogP contribution in [0.15, 0.2) is 24.5 Å². The number of rotatable bonds is 4. The largest absolute Gasteiger partial charge is 0.307 e. The van der Waals surface area contributed by atoms with Gasteiger partial charge in [0.2, 0.25) is 5.91 Å². The Morgan fingerprint density at radius 1 is 1.29 bits per heavy atom. The molecule has 126 valence electrons. The van der Waals surface area contributed by atoms with Gasteiger partial charge in [0.1, 0.15) is 0 Å². The summed E-state index contributed by atoms with van der Waals surface area (Å²) in [5.74, 6) is 0.677. The number of aromatic nitrogens is 4. The van der Waals surface area contributed by atoms with Crippen molar-refractivity contribution < 1.29 is 4.79 Å². The molecule has 2 aliphatic heterocycles. The molecule has 2 aromatic rings. The second kappa shape index (κ2) is 5.98. The van der Waals surface area contributed by atoms with E-state index in [4.69, 9.17) is 0 Å². The SMILES string of the molecule is Cc1c(NC(=O)C23CCCN(CC2)C3)nnn1Cc1ccncc1. The van der Waals surface area contributed by atoms with Gasteiger partial charge < -0.3 is 10.2 Å². The van der Waals surface area contributed by atoms with Gasteiger partial charge in [-0.2, -0.15) is 0 Å². The number of nitrogens with zero attached hydrogens (tertiary/aromatic N) is 5. The highest BCUT2D eigenvalue weighted by molar-refractivity contribution is 5.95. The molecule has 0 saturated carbocycles. The van der Waals surface area contributed by atoms with E-state index < -0.39 is 0 Å². The van der Waals surface area contributed by atoms with E-state index in [0.717, 1.165) is 50.2 Å². The number of amides is 1. The van der Waals surface area contributed by atoms with Crippen LogP contribution in [0.3, 0.4) is 0 Å². The summed E-state index contributed by atoms with van der Waals surface area (Å²) in [4.78, 5) is 19.2. The fourth-order valence-corrected chi connectivity index (χ4v) is 3.82. The van der Waals surface area contributed by atoms with Crippen LogP contribution in [-0.2, 0) is 11.3 Å². The molecule has 2 bridgehead atoms. The van der Waals surface area contributed by atoms with Crippen LogP contribution in [-0.4, -0.2) is 50.4 Å². The zero-order valence-electron chi connectivity index (χ0n) is 13.9. The summed E-state index contributed by atoms with van der Waals surface area (Å²) in [7, 11) is 0. The molecular formula is C17H22N6O. The van der Waals surface area contributed by atoms with Gasteiger partial charge in [-0.3, -0.25) is 9.78 Å². The van der Waals surface area contributed by atoms with Crippen LogP contribution < -0.4 is 5.32 Å². The van der Waals surface area contributed by atoms with Gasteiger partial charge in [0, 0.05) is 18.9 Å². The van der Waals surface area contributed by atoms with Gasteiger partial charge in [-0.1, -0.05) is 5.21 Å². The maximum absolute atomic E-state index is 12.8. The van der Waals surface area contributed by atoms with Crippen molar-refractivity contribution in [1.82, 2.24) is 24.9 Å². The summed E-state index contributed by atoms with van der Waals surface area (Å²) in [6.07, 6.45) is 6.54. The van der Waals surface area contributed by atoms with E-state index in [1.807, 2.05) is 23.7 Å². The van der Waals surface area contributed by atoms with Crippen molar-refractivity contribution in [2.45, 2.75) is 32.7 Å². The lowest BCUT2D eigenvalue weighted by Crippen LogP contribution is -2.42. The van der Waals surface area contributed by atoms with E-state index >= 15 is 0 Å². The molecule has 0 aliphatic carbocycles. The van der Waals surface area contributed by atoms with Crippen molar-refractivity contribution in [3.05, 3.63) is 35.8 Å². The fourth-order valence-electron chi connectivity index (χ4n) is 3.82. The minimum Gasteiger partial charge on any atom is -0.307 e. The van der Waals surface area contributed by atoms with Crippen molar-refractivity contribution in [2.75, 3.05) is 25.0 Å². The predicted octanol–water partition coefficient (Wildman–Crippen LogP) is 1.45. The van der Waals surface area contributed by atoms with Crippen LogP contribution in [0, 0.1) is 12.3 Å². The van der Waals surface area contributed by atoms with Crippen LogP contribution in [0.5, 0.6) is 0 Å². The molecule has 2 atom stereocenters. The number of fused-ring (bicyclic) bond motifs is 2. The monoisotopic (exact) mass is 326 g/mol. The zero-order chi connectivity index (χ0) is 16.6. The normalized spacial score (nSPS) is 25.6. The molecule has 4 heterocycles. The first kappa shape index (κ1) is 15.3. The maximum atomic E-state index is 12.8. The Morgan fingerprint density at radius 3 is 2.96 bits per heavy atom. The molecule has 2 fully saturated rings. The Labute approximate surface area is 141 Å². The fraction of sp³-hybridized carbons (Fsp3) is 0.529. The third-order valence-corrected chi connectivity index (χ3v) is 5.34. The number of pyridine rings is 1. The molecule has 0 radical (unpaired) electrons. The lowest BCUT2D eigenvalue weighted by Gasteiger charge is -2.32. The smallest absolute Gasteiger partial charge is 0.233 e. The molecule has 1 N–H and O–H groups in total. The lowest BCUT2D eigenvalue weighted by atomic mass is 9.80. The van der Waals surface area contributed by atoms with Gasteiger partial charge in [-0.15, -0.1) is 5.10 Å². The molecule has 1 amide bonds. The minimum absolute atomic E-state index is 0.101.